The van der Waals surface area contributed by atoms with Crippen molar-refractivity contribution in [3.05, 3.63) is 77.2 Å². The van der Waals surface area contributed by atoms with Crippen molar-refractivity contribution in [1.29, 1.82) is 5.26 Å². The van der Waals surface area contributed by atoms with Crippen LogP contribution >= 0.6 is 0 Å². The Morgan fingerprint density at radius 1 is 1.15 bits per heavy atom. The number of nitrogen functional groups attached to an aromatic ring is 1. The molecule has 172 valence electrons. The minimum absolute atomic E-state index is 0.0503. The van der Waals surface area contributed by atoms with Gasteiger partial charge in [-0.1, -0.05) is 44.2 Å². The minimum Gasteiger partial charge on any atom is -0.382 e. The van der Waals surface area contributed by atoms with Gasteiger partial charge in [-0.15, -0.1) is 0 Å². The van der Waals surface area contributed by atoms with Crippen LogP contribution in [-0.4, -0.2) is 35.9 Å². The van der Waals surface area contributed by atoms with Gasteiger partial charge in [-0.25, -0.2) is 9.07 Å². The maximum Gasteiger partial charge on any atom is 0.191 e. The third-order valence-corrected chi connectivity index (χ3v) is 5.54. The molecule has 0 fully saturated rings. The van der Waals surface area contributed by atoms with Gasteiger partial charge in [0.2, 0.25) is 0 Å². The van der Waals surface area contributed by atoms with Crippen molar-refractivity contribution in [1.82, 2.24) is 20.4 Å². The van der Waals surface area contributed by atoms with Crippen molar-refractivity contribution in [2.24, 2.45) is 4.99 Å². The van der Waals surface area contributed by atoms with Crippen molar-refractivity contribution >= 4 is 11.8 Å². The lowest BCUT2D eigenvalue weighted by Gasteiger charge is -2.26. The van der Waals surface area contributed by atoms with Gasteiger partial charge in [-0.2, -0.15) is 10.4 Å². The van der Waals surface area contributed by atoms with E-state index >= 15 is 0 Å². The van der Waals surface area contributed by atoms with Gasteiger partial charge >= 0.3 is 0 Å². The van der Waals surface area contributed by atoms with Crippen molar-refractivity contribution < 1.29 is 4.39 Å². The molecule has 3 aromatic rings. The molecule has 1 heterocycles. The largest absolute Gasteiger partial charge is 0.382 e. The zero-order valence-corrected chi connectivity index (χ0v) is 19.3. The molecular formula is C25H30FN7. The number of aliphatic imine (C=N–C) groups is 1. The molecule has 1 aromatic heterocycles. The van der Waals surface area contributed by atoms with E-state index in [4.69, 9.17) is 5.73 Å². The lowest BCUT2D eigenvalue weighted by Crippen LogP contribution is -2.43. The van der Waals surface area contributed by atoms with Gasteiger partial charge in [0.05, 0.1) is 11.4 Å². The first-order valence-corrected chi connectivity index (χ1v) is 10.9. The fraction of sp³-hybridized carbons (Fsp3) is 0.320. The van der Waals surface area contributed by atoms with Gasteiger partial charge in [0.15, 0.2) is 5.96 Å². The first kappa shape index (κ1) is 23.8. The Morgan fingerprint density at radius 3 is 2.48 bits per heavy atom. The Morgan fingerprint density at radius 2 is 1.85 bits per heavy atom. The average Bonchev–Trinajstić information content (AvgIpc) is 3.14. The average molecular weight is 448 g/mol. The van der Waals surface area contributed by atoms with Gasteiger partial charge in [0.25, 0.3) is 0 Å². The maximum atomic E-state index is 13.2. The molecule has 0 radical (unpaired) electrons. The molecule has 7 nitrogen and oxygen atoms in total. The molecule has 0 spiro atoms. The van der Waals surface area contributed by atoms with Gasteiger partial charge in [-0.05, 0) is 42.7 Å². The number of hydrogen-bond donors (Lipinski definition) is 3. The number of aryl methyl sites for hydroxylation is 1. The van der Waals surface area contributed by atoms with Crippen molar-refractivity contribution in [2.75, 3.05) is 25.9 Å². The van der Waals surface area contributed by atoms with Crippen LogP contribution in [0.3, 0.4) is 0 Å². The molecule has 0 aliphatic rings. The quantitative estimate of drug-likeness (QED) is 0.278. The normalized spacial score (nSPS) is 11.8. The van der Waals surface area contributed by atoms with E-state index in [1.165, 1.54) is 22.4 Å². The number of nitrogens with zero attached hydrogens (tertiary/aromatic N) is 4. The SMILES string of the molecule is CN=C(NCCCc1nn(-c2ccc(F)cc2)c(N)c1C#N)NCC(C)(C)c1ccccc1. The molecular weight excluding hydrogens is 417 g/mol. The summed E-state index contributed by atoms with van der Waals surface area (Å²) in [6, 6.07) is 18.3. The third kappa shape index (κ3) is 5.89. The predicted octanol–water partition coefficient (Wildman–Crippen LogP) is 3.54. The molecule has 0 bridgehead atoms. The van der Waals surface area contributed by atoms with E-state index < -0.39 is 0 Å². The molecule has 0 atom stereocenters. The van der Waals surface area contributed by atoms with Crippen LogP contribution in [0.4, 0.5) is 10.2 Å². The molecule has 0 aliphatic heterocycles. The maximum absolute atomic E-state index is 13.2. The summed E-state index contributed by atoms with van der Waals surface area (Å²) >= 11 is 0. The summed E-state index contributed by atoms with van der Waals surface area (Å²) in [6.45, 7) is 5.76. The Kier molecular flexibility index (Phi) is 7.67. The number of anilines is 1. The number of benzene rings is 2. The van der Waals surface area contributed by atoms with Crippen LogP contribution in [0.5, 0.6) is 0 Å². The highest BCUT2D eigenvalue weighted by Gasteiger charge is 2.20. The molecule has 2 aromatic carbocycles. The summed E-state index contributed by atoms with van der Waals surface area (Å²) in [5, 5.41) is 20.7. The monoisotopic (exact) mass is 447 g/mol. The Hall–Kier alpha value is -3.86. The molecule has 0 amide bonds. The number of nitrogens with two attached hydrogens (primary N) is 1. The molecule has 3 rings (SSSR count). The zero-order valence-electron chi connectivity index (χ0n) is 19.3. The number of aromatic nitrogens is 2. The Labute approximate surface area is 194 Å². The standard InChI is InChI=1S/C25H30FN7/c1-25(2,18-8-5-4-6-9-18)17-31-24(29-3)30-15-7-10-22-21(16-27)23(28)33(32-22)20-13-11-19(26)12-14-20/h4-6,8-9,11-14H,7,10,15,17,28H2,1-3H3,(H2,29,30,31). The fourth-order valence-electron chi connectivity index (χ4n) is 3.53. The highest BCUT2D eigenvalue weighted by molar-refractivity contribution is 5.79. The number of guanidine groups is 1. The number of rotatable bonds is 8. The first-order valence-electron chi connectivity index (χ1n) is 10.9. The van der Waals surface area contributed by atoms with Crippen LogP contribution in [0.15, 0.2) is 59.6 Å². The number of halogens is 1. The molecule has 8 heteroatoms. The van der Waals surface area contributed by atoms with E-state index in [0.29, 0.717) is 29.9 Å². The van der Waals surface area contributed by atoms with E-state index in [1.807, 2.05) is 18.2 Å². The lowest BCUT2D eigenvalue weighted by atomic mass is 9.85. The van der Waals surface area contributed by atoms with Crippen molar-refractivity contribution in [2.45, 2.75) is 32.1 Å². The molecule has 33 heavy (non-hydrogen) atoms. The van der Waals surface area contributed by atoms with E-state index in [2.05, 4.69) is 52.8 Å². The van der Waals surface area contributed by atoms with Gasteiger partial charge in [0.1, 0.15) is 23.3 Å². The number of nitrogens with one attached hydrogen (secondary N) is 2. The zero-order chi connectivity index (χ0) is 23.8. The predicted molar refractivity (Wildman–Crippen MR) is 130 cm³/mol. The molecule has 0 unspecified atom stereocenters. The molecule has 4 N–H and O–H groups in total. The van der Waals surface area contributed by atoms with Crippen LogP contribution in [0.25, 0.3) is 5.69 Å². The van der Waals surface area contributed by atoms with Crippen molar-refractivity contribution in [3.8, 4) is 11.8 Å². The lowest BCUT2D eigenvalue weighted by molar-refractivity contribution is 0.508. The van der Waals surface area contributed by atoms with E-state index in [0.717, 1.165) is 18.9 Å². The van der Waals surface area contributed by atoms with Crippen molar-refractivity contribution in [3.63, 3.8) is 0 Å². The Bertz CT molecular complexity index is 1130. The van der Waals surface area contributed by atoms with Gasteiger partial charge < -0.3 is 16.4 Å². The van der Waals surface area contributed by atoms with Crippen LogP contribution < -0.4 is 16.4 Å². The number of nitriles is 1. The van der Waals surface area contributed by atoms with E-state index in [-0.39, 0.29) is 17.1 Å². The molecule has 0 saturated carbocycles. The second kappa shape index (κ2) is 10.6. The van der Waals surface area contributed by atoms with E-state index in [1.54, 1.807) is 19.2 Å². The summed E-state index contributed by atoms with van der Waals surface area (Å²) in [4.78, 5) is 4.30. The van der Waals surface area contributed by atoms with Crippen LogP contribution in [0, 0.1) is 17.1 Å². The van der Waals surface area contributed by atoms with E-state index in [9.17, 15) is 9.65 Å². The topological polar surface area (TPSA) is 104 Å². The van der Waals surface area contributed by atoms with Gasteiger partial charge in [0, 0.05) is 25.6 Å². The second-order valence-electron chi connectivity index (χ2n) is 8.41. The van der Waals surface area contributed by atoms with Gasteiger partial charge in [-0.3, -0.25) is 4.99 Å². The van der Waals surface area contributed by atoms with Crippen LogP contribution in [-0.2, 0) is 11.8 Å². The van der Waals surface area contributed by atoms with Crippen LogP contribution in [0.1, 0.15) is 37.1 Å². The first-order chi connectivity index (χ1) is 15.9. The highest BCUT2D eigenvalue weighted by atomic mass is 19.1. The summed E-state index contributed by atoms with van der Waals surface area (Å²) in [7, 11) is 1.74. The molecule has 0 saturated heterocycles. The fourth-order valence-corrected chi connectivity index (χ4v) is 3.53. The summed E-state index contributed by atoms with van der Waals surface area (Å²) in [6.07, 6.45) is 1.30. The third-order valence-electron chi connectivity index (χ3n) is 5.54. The summed E-state index contributed by atoms with van der Waals surface area (Å²) in [5.41, 5.74) is 8.92. The summed E-state index contributed by atoms with van der Waals surface area (Å²) < 4.78 is 14.7. The smallest absolute Gasteiger partial charge is 0.191 e. The second-order valence-corrected chi connectivity index (χ2v) is 8.41. The molecule has 0 aliphatic carbocycles. The Balaban J connectivity index is 1.55. The summed E-state index contributed by atoms with van der Waals surface area (Å²) in [5.74, 6) is 0.633. The highest BCUT2D eigenvalue weighted by Crippen LogP contribution is 2.22. The number of hydrogen-bond acceptors (Lipinski definition) is 4. The minimum atomic E-state index is -0.342. The van der Waals surface area contributed by atoms with Crippen LogP contribution in [0.2, 0.25) is 0 Å².